The van der Waals surface area contributed by atoms with Crippen molar-refractivity contribution in [2.24, 2.45) is 0 Å². The number of aromatic nitrogens is 2. The summed E-state index contributed by atoms with van der Waals surface area (Å²) in [6.07, 6.45) is 0.559. The smallest absolute Gasteiger partial charge is 0.270 e. The molecule has 0 atom stereocenters. The van der Waals surface area contributed by atoms with Gasteiger partial charge in [-0.25, -0.2) is 9.97 Å². The van der Waals surface area contributed by atoms with Gasteiger partial charge in [0, 0.05) is 18.3 Å². The van der Waals surface area contributed by atoms with Gasteiger partial charge in [-0.3, -0.25) is 4.79 Å². The fourth-order valence-electron chi connectivity index (χ4n) is 1.87. The Morgan fingerprint density at radius 3 is 2.95 bits per heavy atom. The average molecular weight is 287 g/mol. The maximum atomic E-state index is 11.8. The van der Waals surface area contributed by atoms with Crippen molar-refractivity contribution < 1.29 is 9.21 Å². The van der Waals surface area contributed by atoms with Crippen LogP contribution < -0.4 is 5.32 Å². The van der Waals surface area contributed by atoms with Crippen LogP contribution in [0.5, 0.6) is 0 Å². The lowest BCUT2D eigenvalue weighted by Gasteiger charge is -2.00. The van der Waals surface area contributed by atoms with Crippen LogP contribution in [-0.2, 0) is 6.42 Å². The second kappa shape index (κ2) is 5.42. The Labute approximate surface area is 119 Å². The lowest BCUT2D eigenvalue weighted by atomic mass is 10.3. The molecule has 3 rings (SSSR count). The van der Waals surface area contributed by atoms with Crippen molar-refractivity contribution in [1.29, 1.82) is 0 Å². The molecular weight excluding hydrogens is 274 g/mol. The topological polar surface area (TPSA) is 68.0 Å². The van der Waals surface area contributed by atoms with E-state index in [9.17, 15) is 4.79 Å². The standard InChI is InChI=1S/C14H13N3O2S/c1-9-16-11(8-20-9)14(18)15-7-6-13-17-10-4-2-3-5-12(10)19-13/h2-5,8H,6-7H2,1H3,(H,15,18). The van der Waals surface area contributed by atoms with Crippen LogP contribution in [0.25, 0.3) is 11.1 Å². The molecule has 3 aromatic rings. The Morgan fingerprint density at radius 2 is 2.20 bits per heavy atom. The van der Waals surface area contributed by atoms with Gasteiger partial charge in [0.2, 0.25) is 0 Å². The molecule has 2 aromatic heterocycles. The Hall–Kier alpha value is -2.21. The number of amides is 1. The number of oxazole rings is 1. The van der Waals surface area contributed by atoms with Crippen LogP contribution in [0.15, 0.2) is 34.1 Å². The molecule has 0 unspecified atom stereocenters. The third kappa shape index (κ3) is 2.70. The number of benzene rings is 1. The third-order valence-electron chi connectivity index (χ3n) is 2.81. The molecule has 0 saturated carbocycles. The Balaban J connectivity index is 1.58. The predicted octanol–water partition coefficient (Wildman–Crippen LogP) is 2.57. The molecule has 1 amide bonds. The number of rotatable bonds is 4. The molecule has 0 radical (unpaired) electrons. The molecule has 0 aliphatic carbocycles. The minimum absolute atomic E-state index is 0.162. The molecule has 102 valence electrons. The molecule has 20 heavy (non-hydrogen) atoms. The quantitative estimate of drug-likeness (QED) is 0.800. The largest absolute Gasteiger partial charge is 0.441 e. The Kier molecular flexibility index (Phi) is 3.47. The van der Waals surface area contributed by atoms with E-state index in [1.165, 1.54) is 11.3 Å². The molecule has 1 aromatic carbocycles. The van der Waals surface area contributed by atoms with Gasteiger partial charge < -0.3 is 9.73 Å². The second-order valence-corrected chi connectivity index (χ2v) is 5.40. The third-order valence-corrected chi connectivity index (χ3v) is 3.59. The molecule has 1 N–H and O–H groups in total. The normalized spacial score (nSPS) is 10.8. The van der Waals surface area contributed by atoms with Crippen LogP contribution >= 0.6 is 11.3 Å². The van der Waals surface area contributed by atoms with E-state index in [2.05, 4.69) is 15.3 Å². The van der Waals surface area contributed by atoms with Crippen molar-refractivity contribution in [2.75, 3.05) is 6.54 Å². The maximum absolute atomic E-state index is 11.8. The van der Waals surface area contributed by atoms with Crippen molar-refractivity contribution in [3.63, 3.8) is 0 Å². The minimum Gasteiger partial charge on any atom is -0.441 e. The summed E-state index contributed by atoms with van der Waals surface area (Å²) in [5.41, 5.74) is 2.07. The molecule has 0 spiro atoms. The van der Waals surface area contributed by atoms with Crippen molar-refractivity contribution in [3.8, 4) is 0 Å². The number of nitrogens with zero attached hydrogens (tertiary/aromatic N) is 2. The second-order valence-electron chi connectivity index (χ2n) is 4.33. The minimum atomic E-state index is -0.162. The van der Waals surface area contributed by atoms with Gasteiger partial charge in [-0.15, -0.1) is 11.3 Å². The summed E-state index contributed by atoms with van der Waals surface area (Å²) >= 11 is 1.46. The summed E-state index contributed by atoms with van der Waals surface area (Å²) in [6.45, 7) is 2.35. The van der Waals surface area contributed by atoms with Crippen LogP contribution in [0.4, 0.5) is 0 Å². The zero-order valence-electron chi connectivity index (χ0n) is 10.9. The Morgan fingerprint density at radius 1 is 1.35 bits per heavy atom. The van der Waals surface area contributed by atoms with Crippen molar-refractivity contribution >= 4 is 28.3 Å². The van der Waals surface area contributed by atoms with E-state index < -0.39 is 0 Å². The first-order valence-electron chi connectivity index (χ1n) is 6.27. The number of carbonyl (C=O) groups is 1. The first-order chi connectivity index (χ1) is 9.72. The van der Waals surface area contributed by atoms with Crippen LogP contribution in [-0.4, -0.2) is 22.4 Å². The Bertz CT molecular complexity index is 715. The number of fused-ring (bicyclic) bond motifs is 1. The van der Waals surface area contributed by atoms with Gasteiger partial charge >= 0.3 is 0 Å². The van der Waals surface area contributed by atoms with Crippen LogP contribution in [0, 0.1) is 6.92 Å². The highest BCUT2D eigenvalue weighted by Gasteiger charge is 2.10. The molecule has 0 aliphatic rings. The lowest BCUT2D eigenvalue weighted by molar-refractivity contribution is 0.0949. The van der Waals surface area contributed by atoms with E-state index in [0.29, 0.717) is 24.6 Å². The molecule has 5 nitrogen and oxygen atoms in total. The molecule has 6 heteroatoms. The fraction of sp³-hybridized carbons (Fsp3) is 0.214. The number of carbonyl (C=O) groups excluding carboxylic acids is 1. The zero-order chi connectivity index (χ0) is 13.9. The molecule has 0 saturated heterocycles. The SMILES string of the molecule is Cc1nc(C(=O)NCCc2nc3ccccc3o2)cs1. The van der Waals surface area contributed by atoms with E-state index in [-0.39, 0.29) is 5.91 Å². The molecule has 0 fully saturated rings. The maximum Gasteiger partial charge on any atom is 0.270 e. The number of hydrogen-bond acceptors (Lipinski definition) is 5. The summed E-state index contributed by atoms with van der Waals surface area (Å²) in [7, 11) is 0. The first-order valence-corrected chi connectivity index (χ1v) is 7.15. The number of thiazole rings is 1. The van der Waals surface area contributed by atoms with Gasteiger partial charge in [-0.1, -0.05) is 12.1 Å². The van der Waals surface area contributed by atoms with Crippen LogP contribution in [0.3, 0.4) is 0 Å². The van der Waals surface area contributed by atoms with E-state index in [1.54, 1.807) is 5.38 Å². The molecular formula is C14H13N3O2S. The summed E-state index contributed by atoms with van der Waals surface area (Å²) in [5, 5.41) is 5.45. The number of aryl methyl sites for hydroxylation is 1. The van der Waals surface area contributed by atoms with Gasteiger partial charge in [0.1, 0.15) is 11.2 Å². The van der Waals surface area contributed by atoms with Gasteiger partial charge in [0.25, 0.3) is 5.91 Å². The molecule has 2 heterocycles. The number of hydrogen-bond donors (Lipinski definition) is 1. The van der Waals surface area contributed by atoms with Gasteiger partial charge in [0.05, 0.1) is 5.01 Å². The van der Waals surface area contributed by atoms with E-state index in [1.807, 2.05) is 31.2 Å². The number of nitrogens with one attached hydrogen (secondary N) is 1. The van der Waals surface area contributed by atoms with E-state index >= 15 is 0 Å². The molecule has 0 bridgehead atoms. The highest BCUT2D eigenvalue weighted by molar-refractivity contribution is 7.09. The highest BCUT2D eigenvalue weighted by atomic mass is 32.1. The lowest BCUT2D eigenvalue weighted by Crippen LogP contribution is -2.26. The summed E-state index contributed by atoms with van der Waals surface area (Å²) in [4.78, 5) is 20.3. The highest BCUT2D eigenvalue weighted by Crippen LogP contribution is 2.14. The van der Waals surface area contributed by atoms with Gasteiger partial charge in [0.15, 0.2) is 11.5 Å². The summed E-state index contributed by atoms with van der Waals surface area (Å²) < 4.78 is 5.58. The first kappa shape index (κ1) is 12.8. The van der Waals surface area contributed by atoms with E-state index in [0.717, 1.165) is 16.1 Å². The molecule has 0 aliphatic heterocycles. The van der Waals surface area contributed by atoms with Crippen molar-refractivity contribution in [3.05, 3.63) is 46.2 Å². The summed E-state index contributed by atoms with van der Waals surface area (Å²) in [6, 6.07) is 7.60. The zero-order valence-corrected chi connectivity index (χ0v) is 11.7. The monoisotopic (exact) mass is 287 g/mol. The van der Waals surface area contributed by atoms with Crippen molar-refractivity contribution in [1.82, 2.24) is 15.3 Å². The number of para-hydroxylation sites is 2. The van der Waals surface area contributed by atoms with Gasteiger partial charge in [-0.2, -0.15) is 0 Å². The van der Waals surface area contributed by atoms with Crippen LogP contribution in [0.1, 0.15) is 21.4 Å². The average Bonchev–Trinajstić information content (AvgIpc) is 3.04. The van der Waals surface area contributed by atoms with Gasteiger partial charge in [-0.05, 0) is 19.1 Å². The van der Waals surface area contributed by atoms with Crippen LogP contribution in [0.2, 0.25) is 0 Å². The summed E-state index contributed by atoms with van der Waals surface area (Å²) in [5.74, 6) is 0.464. The fourth-order valence-corrected chi connectivity index (χ4v) is 2.46. The van der Waals surface area contributed by atoms with Crippen molar-refractivity contribution in [2.45, 2.75) is 13.3 Å². The predicted molar refractivity (Wildman–Crippen MR) is 76.9 cm³/mol. The van der Waals surface area contributed by atoms with E-state index in [4.69, 9.17) is 4.42 Å².